The van der Waals surface area contributed by atoms with Crippen LogP contribution in [0.3, 0.4) is 0 Å². The van der Waals surface area contributed by atoms with Crippen LogP contribution < -0.4 is 5.73 Å². The zero-order chi connectivity index (χ0) is 11.0. The molecule has 3 rings (SSSR count). The molecule has 2 N–H and O–H groups in total. The highest BCUT2D eigenvalue weighted by Crippen LogP contribution is 2.35. The maximum absolute atomic E-state index is 6.33. The molecule has 2 unspecified atom stereocenters. The minimum Gasteiger partial charge on any atom is -0.333 e. The normalized spacial score (nSPS) is 24.1. The summed E-state index contributed by atoms with van der Waals surface area (Å²) in [6.07, 6.45) is 7.87. The number of hydrogen-bond donors (Lipinski definition) is 1. The lowest BCUT2D eigenvalue weighted by molar-refractivity contribution is 0.370. The summed E-state index contributed by atoms with van der Waals surface area (Å²) >= 11 is 0. The van der Waals surface area contributed by atoms with Gasteiger partial charge in [-0.15, -0.1) is 0 Å². The second-order valence-electron chi connectivity index (χ2n) is 4.34. The van der Waals surface area contributed by atoms with Crippen LogP contribution >= 0.6 is 0 Å². The van der Waals surface area contributed by atoms with Gasteiger partial charge in [0, 0.05) is 12.4 Å². The highest BCUT2D eigenvalue weighted by molar-refractivity contribution is 5.33. The summed E-state index contributed by atoms with van der Waals surface area (Å²) in [6.45, 7) is 0. The molecule has 0 amide bonds. The van der Waals surface area contributed by atoms with Gasteiger partial charge in [0.2, 0.25) is 0 Å². The van der Waals surface area contributed by atoms with Crippen LogP contribution in [0, 0.1) is 0 Å². The van der Waals surface area contributed by atoms with E-state index >= 15 is 0 Å². The van der Waals surface area contributed by atoms with Crippen LogP contribution in [0.4, 0.5) is 0 Å². The molecule has 1 aliphatic rings. The van der Waals surface area contributed by atoms with Crippen molar-refractivity contribution >= 4 is 0 Å². The molecule has 16 heavy (non-hydrogen) atoms. The van der Waals surface area contributed by atoms with E-state index < -0.39 is 0 Å². The van der Waals surface area contributed by atoms with Gasteiger partial charge < -0.3 is 10.3 Å². The van der Waals surface area contributed by atoms with Crippen molar-refractivity contribution in [2.45, 2.75) is 24.9 Å². The van der Waals surface area contributed by atoms with E-state index in [9.17, 15) is 0 Å². The highest BCUT2D eigenvalue weighted by atomic mass is 15.1. The lowest BCUT2D eigenvalue weighted by Gasteiger charge is -2.31. The Bertz CT molecular complexity index is 476. The second-order valence-corrected chi connectivity index (χ2v) is 4.34. The first-order valence-corrected chi connectivity index (χ1v) is 5.67. The van der Waals surface area contributed by atoms with Crippen molar-refractivity contribution in [2.24, 2.45) is 5.73 Å². The monoisotopic (exact) mass is 213 g/mol. The van der Waals surface area contributed by atoms with Gasteiger partial charge in [0.25, 0.3) is 0 Å². The summed E-state index contributed by atoms with van der Waals surface area (Å²) in [6, 6.07) is 8.90. The molecule has 0 fully saturated rings. The van der Waals surface area contributed by atoms with Gasteiger partial charge in [-0.05, 0) is 24.0 Å². The summed E-state index contributed by atoms with van der Waals surface area (Å²) < 4.78 is 2.13. The molecule has 0 saturated heterocycles. The zero-order valence-electron chi connectivity index (χ0n) is 9.08. The third kappa shape index (κ3) is 1.44. The molecule has 1 heterocycles. The first-order valence-electron chi connectivity index (χ1n) is 5.67. The Morgan fingerprint density at radius 2 is 2.19 bits per heavy atom. The number of imidazole rings is 1. The van der Waals surface area contributed by atoms with Gasteiger partial charge in [-0.3, -0.25) is 0 Å². The topological polar surface area (TPSA) is 43.8 Å². The number of nitrogens with zero attached hydrogens (tertiary/aromatic N) is 2. The van der Waals surface area contributed by atoms with E-state index in [1.165, 1.54) is 11.1 Å². The van der Waals surface area contributed by atoms with E-state index in [0.717, 1.165) is 12.8 Å². The Balaban J connectivity index is 1.98. The molecule has 2 aromatic rings. The summed E-state index contributed by atoms with van der Waals surface area (Å²) in [7, 11) is 0. The van der Waals surface area contributed by atoms with E-state index in [1.807, 2.05) is 18.7 Å². The Kier molecular flexibility index (Phi) is 2.26. The minimum absolute atomic E-state index is 0.0825. The van der Waals surface area contributed by atoms with E-state index in [-0.39, 0.29) is 6.04 Å². The number of fused-ring (bicyclic) bond motifs is 1. The van der Waals surface area contributed by atoms with Crippen molar-refractivity contribution in [3.63, 3.8) is 0 Å². The number of aryl methyl sites for hydroxylation is 1. The molecule has 0 aliphatic heterocycles. The van der Waals surface area contributed by atoms with Gasteiger partial charge in [0.15, 0.2) is 0 Å². The Labute approximate surface area is 94.9 Å². The molecule has 0 bridgehead atoms. The number of benzene rings is 1. The van der Waals surface area contributed by atoms with E-state index in [4.69, 9.17) is 5.73 Å². The standard InChI is InChI=1S/C13H15N3/c14-13-11-4-2-1-3-10(11)5-6-12(13)16-8-7-15-9-16/h1-4,7-9,12-13H,5-6,14H2. The first kappa shape index (κ1) is 9.60. The molecule has 0 radical (unpaired) electrons. The zero-order valence-corrected chi connectivity index (χ0v) is 9.08. The number of rotatable bonds is 1. The lowest BCUT2D eigenvalue weighted by Crippen LogP contribution is -2.29. The van der Waals surface area contributed by atoms with Crippen LogP contribution in [-0.4, -0.2) is 9.55 Å². The molecule has 1 aromatic heterocycles. The predicted octanol–water partition coefficient (Wildman–Crippen LogP) is 2.07. The third-order valence-electron chi connectivity index (χ3n) is 3.45. The van der Waals surface area contributed by atoms with Crippen LogP contribution in [0.25, 0.3) is 0 Å². The molecular weight excluding hydrogens is 198 g/mol. The molecule has 0 saturated carbocycles. The quantitative estimate of drug-likeness (QED) is 0.788. The van der Waals surface area contributed by atoms with Crippen molar-refractivity contribution in [3.8, 4) is 0 Å². The Morgan fingerprint density at radius 3 is 3.00 bits per heavy atom. The number of aromatic nitrogens is 2. The van der Waals surface area contributed by atoms with Crippen molar-refractivity contribution < 1.29 is 0 Å². The Morgan fingerprint density at radius 1 is 1.31 bits per heavy atom. The van der Waals surface area contributed by atoms with Gasteiger partial charge in [-0.1, -0.05) is 24.3 Å². The summed E-state index contributed by atoms with van der Waals surface area (Å²) in [5.41, 5.74) is 9.01. The maximum Gasteiger partial charge on any atom is 0.0949 e. The van der Waals surface area contributed by atoms with Crippen molar-refractivity contribution in [1.82, 2.24) is 9.55 Å². The molecule has 1 aromatic carbocycles. The molecule has 0 spiro atoms. The van der Waals surface area contributed by atoms with Gasteiger partial charge >= 0.3 is 0 Å². The average molecular weight is 213 g/mol. The number of hydrogen-bond acceptors (Lipinski definition) is 2. The van der Waals surface area contributed by atoms with Gasteiger partial charge in [0.1, 0.15) is 0 Å². The highest BCUT2D eigenvalue weighted by Gasteiger charge is 2.27. The summed E-state index contributed by atoms with van der Waals surface area (Å²) in [4.78, 5) is 4.10. The number of nitrogens with two attached hydrogens (primary N) is 1. The van der Waals surface area contributed by atoms with Crippen molar-refractivity contribution in [1.29, 1.82) is 0 Å². The van der Waals surface area contributed by atoms with Crippen LogP contribution in [0.15, 0.2) is 43.0 Å². The van der Waals surface area contributed by atoms with E-state index in [2.05, 4.69) is 33.8 Å². The van der Waals surface area contributed by atoms with Crippen molar-refractivity contribution in [3.05, 3.63) is 54.1 Å². The summed E-state index contributed by atoms with van der Waals surface area (Å²) in [5, 5.41) is 0. The van der Waals surface area contributed by atoms with E-state index in [1.54, 1.807) is 0 Å². The maximum atomic E-state index is 6.33. The third-order valence-corrected chi connectivity index (χ3v) is 3.45. The predicted molar refractivity (Wildman–Crippen MR) is 63.0 cm³/mol. The van der Waals surface area contributed by atoms with Gasteiger partial charge in [0.05, 0.1) is 18.4 Å². The fourth-order valence-electron chi connectivity index (χ4n) is 2.58. The van der Waals surface area contributed by atoms with Crippen molar-refractivity contribution in [2.75, 3.05) is 0 Å². The van der Waals surface area contributed by atoms with Gasteiger partial charge in [-0.2, -0.15) is 0 Å². The fourth-order valence-corrected chi connectivity index (χ4v) is 2.58. The minimum atomic E-state index is 0.0825. The lowest BCUT2D eigenvalue weighted by atomic mass is 9.84. The van der Waals surface area contributed by atoms with E-state index in [0.29, 0.717) is 6.04 Å². The molecule has 82 valence electrons. The van der Waals surface area contributed by atoms with Crippen LogP contribution in [0.5, 0.6) is 0 Å². The van der Waals surface area contributed by atoms with Crippen LogP contribution in [0.2, 0.25) is 0 Å². The largest absolute Gasteiger partial charge is 0.333 e. The molecule has 1 aliphatic carbocycles. The van der Waals surface area contributed by atoms with Gasteiger partial charge in [-0.25, -0.2) is 4.98 Å². The second kappa shape index (κ2) is 3.76. The smallest absolute Gasteiger partial charge is 0.0949 e. The SMILES string of the molecule is NC1c2ccccc2CCC1n1ccnc1. The average Bonchev–Trinajstić information content (AvgIpc) is 2.83. The molecular formula is C13H15N3. The molecule has 3 heteroatoms. The van der Waals surface area contributed by atoms with Crippen LogP contribution in [-0.2, 0) is 6.42 Å². The first-order chi connectivity index (χ1) is 7.86. The fraction of sp³-hybridized carbons (Fsp3) is 0.308. The molecule has 2 atom stereocenters. The van der Waals surface area contributed by atoms with Crippen LogP contribution in [0.1, 0.15) is 29.6 Å². The molecule has 3 nitrogen and oxygen atoms in total. The Hall–Kier alpha value is -1.61. The summed E-state index contributed by atoms with van der Waals surface area (Å²) in [5.74, 6) is 0.